The minimum Gasteiger partial charge on any atom is -0.494 e. The maximum Gasteiger partial charge on any atom is 0.306 e. The highest BCUT2D eigenvalue weighted by atomic mass is 19.1. The van der Waals surface area contributed by atoms with Crippen molar-refractivity contribution in [2.45, 2.75) is 12.8 Å². The molecule has 0 aliphatic heterocycles. The number of anilines is 1. The minimum atomic E-state index is -0.476. The molecule has 0 bridgehead atoms. The molecule has 0 aliphatic carbocycles. The lowest BCUT2D eigenvalue weighted by Gasteiger charge is -2.07. The van der Waals surface area contributed by atoms with Gasteiger partial charge in [-0.3, -0.25) is 9.59 Å². The molecule has 1 amide bonds. The molecule has 2 aromatic rings. The summed E-state index contributed by atoms with van der Waals surface area (Å²) in [5, 5.41) is 2.51. The average molecular weight is 331 g/mol. The highest BCUT2D eigenvalue weighted by Gasteiger charge is 2.08. The molecule has 24 heavy (non-hydrogen) atoms. The summed E-state index contributed by atoms with van der Waals surface area (Å²) in [5.74, 6) is -0.599. The molecule has 0 saturated carbocycles. The maximum absolute atomic E-state index is 12.7. The first kappa shape index (κ1) is 17.5. The fourth-order valence-corrected chi connectivity index (χ4v) is 1.87. The summed E-state index contributed by atoms with van der Waals surface area (Å²) in [6.45, 7) is 0.0106. The van der Waals surface area contributed by atoms with Crippen LogP contribution in [0.5, 0.6) is 5.75 Å². The molecular formula is C18H18FNO4. The minimum absolute atomic E-state index is 0.163. The summed E-state index contributed by atoms with van der Waals surface area (Å²) in [4.78, 5) is 23.2. The summed E-state index contributed by atoms with van der Waals surface area (Å²) >= 11 is 0. The first-order chi connectivity index (χ1) is 11.6. The number of esters is 1. The number of benzene rings is 2. The smallest absolute Gasteiger partial charge is 0.306 e. The second kappa shape index (κ2) is 9.29. The number of hydrogen-bond donors (Lipinski definition) is 1. The van der Waals surface area contributed by atoms with E-state index in [1.165, 1.54) is 24.3 Å². The van der Waals surface area contributed by atoms with E-state index >= 15 is 0 Å². The SMILES string of the molecule is O=C(COC(=O)CCCOc1ccccc1)Nc1ccc(F)cc1. The quantitative estimate of drug-likeness (QED) is 0.596. The van der Waals surface area contributed by atoms with Crippen molar-refractivity contribution < 1.29 is 23.5 Å². The number of rotatable bonds is 8. The molecule has 2 rings (SSSR count). The monoisotopic (exact) mass is 331 g/mol. The normalized spacial score (nSPS) is 10.0. The molecule has 126 valence electrons. The van der Waals surface area contributed by atoms with E-state index < -0.39 is 17.7 Å². The van der Waals surface area contributed by atoms with Crippen LogP contribution in [0, 0.1) is 5.82 Å². The molecule has 0 radical (unpaired) electrons. The lowest BCUT2D eigenvalue weighted by Crippen LogP contribution is -2.21. The predicted octanol–water partition coefficient (Wildman–Crippen LogP) is 3.17. The molecule has 0 heterocycles. The van der Waals surface area contributed by atoms with Crippen molar-refractivity contribution in [3.63, 3.8) is 0 Å². The number of ether oxygens (including phenoxy) is 2. The first-order valence-corrected chi connectivity index (χ1v) is 7.52. The van der Waals surface area contributed by atoms with E-state index in [4.69, 9.17) is 9.47 Å². The number of halogens is 1. The Morgan fingerprint density at radius 1 is 1.00 bits per heavy atom. The highest BCUT2D eigenvalue weighted by molar-refractivity contribution is 5.92. The van der Waals surface area contributed by atoms with E-state index in [1.54, 1.807) is 0 Å². The Kier molecular flexibility index (Phi) is 6.76. The molecule has 0 fully saturated rings. The Bertz CT molecular complexity index is 658. The maximum atomic E-state index is 12.7. The first-order valence-electron chi connectivity index (χ1n) is 7.52. The highest BCUT2D eigenvalue weighted by Crippen LogP contribution is 2.09. The molecule has 1 N–H and O–H groups in total. The number of carbonyl (C=O) groups excluding carboxylic acids is 2. The van der Waals surface area contributed by atoms with Gasteiger partial charge in [0, 0.05) is 12.1 Å². The van der Waals surface area contributed by atoms with Crippen LogP contribution in [0.25, 0.3) is 0 Å². The third-order valence-corrected chi connectivity index (χ3v) is 3.03. The van der Waals surface area contributed by atoms with Gasteiger partial charge in [0.15, 0.2) is 6.61 Å². The van der Waals surface area contributed by atoms with E-state index in [2.05, 4.69) is 5.32 Å². The molecule has 2 aromatic carbocycles. The molecule has 0 unspecified atom stereocenters. The number of nitrogens with one attached hydrogen (secondary N) is 1. The van der Waals surface area contributed by atoms with E-state index in [9.17, 15) is 14.0 Å². The molecule has 0 aliphatic rings. The molecule has 6 heteroatoms. The van der Waals surface area contributed by atoms with Crippen molar-refractivity contribution in [3.05, 3.63) is 60.4 Å². The third-order valence-electron chi connectivity index (χ3n) is 3.03. The predicted molar refractivity (Wildman–Crippen MR) is 87.2 cm³/mol. The standard InChI is InChI=1S/C18H18FNO4/c19-14-8-10-15(11-9-14)20-17(21)13-24-18(22)7-4-12-23-16-5-2-1-3-6-16/h1-3,5-6,8-11H,4,7,12-13H2,(H,20,21). The van der Waals surface area contributed by atoms with Gasteiger partial charge in [-0.15, -0.1) is 0 Å². The average Bonchev–Trinajstić information content (AvgIpc) is 2.60. The third kappa shape index (κ3) is 6.48. The van der Waals surface area contributed by atoms with Crippen LogP contribution in [0.1, 0.15) is 12.8 Å². The van der Waals surface area contributed by atoms with Crippen molar-refractivity contribution in [2.24, 2.45) is 0 Å². The Morgan fingerprint density at radius 3 is 2.42 bits per heavy atom. The summed E-state index contributed by atoms with van der Waals surface area (Å²) in [7, 11) is 0. The molecule has 0 saturated heterocycles. The van der Waals surface area contributed by atoms with Gasteiger partial charge in [-0.1, -0.05) is 18.2 Å². The van der Waals surface area contributed by atoms with Crippen LogP contribution in [0.2, 0.25) is 0 Å². The molecule has 5 nitrogen and oxygen atoms in total. The van der Waals surface area contributed by atoms with Crippen LogP contribution in [-0.2, 0) is 14.3 Å². The number of hydrogen-bond acceptors (Lipinski definition) is 4. The zero-order valence-electron chi connectivity index (χ0n) is 13.0. The van der Waals surface area contributed by atoms with Gasteiger partial charge in [-0.2, -0.15) is 0 Å². The second-order valence-electron chi connectivity index (χ2n) is 4.98. The summed E-state index contributed by atoms with van der Waals surface area (Å²) in [6.07, 6.45) is 0.657. The zero-order valence-corrected chi connectivity index (χ0v) is 13.0. The van der Waals surface area contributed by atoms with Crippen molar-refractivity contribution >= 4 is 17.6 Å². The fraction of sp³-hybridized carbons (Fsp3) is 0.222. The topological polar surface area (TPSA) is 64.6 Å². The van der Waals surface area contributed by atoms with Crippen LogP contribution >= 0.6 is 0 Å². The van der Waals surface area contributed by atoms with Gasteiger partial charge >= 0.3 is 5.97 Å². The largest absolute Gasteiger partial charge is 0.494 e. The van der Waals surface area contributed by atoms with Gasteiger partial charge in [0.2, 0.25) is 0 Å². The Balaban J connectivity index is 1.58. The molecule has 0 spiro atoms. The van der Waals surface area contributed by atoms with Crippen molar-refractivity contribution in [2.75, 3.05) is 18.5 Å². The molecular weight excluding hydrogens is 313 g/mol. The number of amides is 1. The van der Waals surface area contributed by atoms with Gasteiger partial charge in [0.05, 0.1) is 6.61 Å². The van der Waals surface area contributed by atoms with Gasteiger partial charge < -0.3 is 14.8 Å². The van der Waals surface area contributed by atoms with E-state index in [0.29, 0.717) is 18.7 Å². The van der Waals surface area contributed by atoms with E-state index in [-0.39, 0.29) is 13.0 Å². The van der Waals surface area contributed by atoms with Crippen molar-refractivity contribution in [3.8, 4) is 5.75 Å². The summed E-state index contributed by atoms with van der Waals surface area (Å²) < 4.78 is 23.1. The van der Waals surface area contributed by atoms with Crippen LogP contribution in [-0.4, -0.2) is 25.1 Å². The fourth-order valence-electron chi connectivity index (χ4n) is 1.87. The van der Waals surface area contributed by atoms with Crippen molar-refractivity contribution in [1.82, 2.24) is 0 Å². The lowest BCUT2D eigenvalue weighted by atomic mass is 10.3. The van der Waals surface area contributed by atoms with Crippen molar-refractivity contribution in [1.29, 1.82) is 0 Å². The zero-order chi connectivity index (χ0) is 17.2. The Hall–Kier alpha value is -2.89. The van der Waals surface area contributed by atoms with Crippen LogP contribution in [0.3, 0.4) is 0 Å². The van der Waals surface area contributed by atoms with Gasteiger partial charge in [0.1, 0.15) is 11.6 Å². The van der Waals surface area contributed by atoms with Crippen LogP contribution in [0.15, 0.2) is 54.6 Å². The lowest BCUT2D eigenvalue weighted by molar-refractivity contribution is -0.147. The summed E-state index contributed by atoms with van der Waals surface area (Å²) in [5.41, 5.74) is 0.439. The number of carbonyl (C=O) groups is 2. The van der Waals surface area contributed by atoms with E-state index in [0.717, 1.165) is 5.75 Å². The number of para-hydroxylation sites is 1. The molecule has 0 aromatic heterocycles. The van der Waals surface area contributed by atoms with Gasteiger partial charge in [-0.05, 0) is 42.8 Å². The second-order valence-corrected chi connectivity index (χ2v) is 4.98. The van der Waals surface area contributed by atoms with Gasteiger partial charge in [0.25, 0.3) is 5.91 Å². The van der Waals surface area contributed by atoms with Crippen LogP contribution in [0.4, 0.5) is 10.1 Å². The Labute approximate surface area is 139 Å². The molecule has 0 atom stereocenters. The van der Waals surface area contributed by atoms with Gasteiger partial charge in [-0.25, -0.2) is 4.39 Å². The summed E-state index contributed by atoms with van der Waals surface area (Å²) in [6, 6.07) is 14.6. The van der Waals surface area contributed by atoms with Crippen LogP contribution < -0.4 is 10.1 Å². The van der Waals surface area contributed by atoms with E-state index in [1.807, 2.05) is 30.3 Å². The Morgan fingerprint density at radius 2 is 1.71 bits per heavy atom.